The topological polar surface area (TPSA) is 123 Å². The summed E-state index contributed by atoms with van der Waals surface area (Å²) in [6.07, 6.45) is -0.240. The monoisotopic (exact) mass is 527 g/mol. The smallest absolute Gasteiger partial charge is 0.416 e. The summed E-state index contributed by atoms with van der Waals surface area (Å²) >= 11 is 0. The Labute approximate surface area is 214 Å². The molecule has 0 aliphatic carbocycles. The number of carbonyl (C=O) groups is 2. The van der Waals surface area contributed by atoms with Crippen LogP contribution >= 0.6 is 0 Å². The molecule has 1 aliphatic heterocycles. The second-order valence-corrected chi connectivity index (χ2v) is 9.53. The molecular formula is C25H36F3N5O4. The third-order valence-corrected chi connectivity index (χ3v) is 5.85. The summed E-state index contributed by atoms with van der Waals surface area (Å²) in [5.41, 5.74) is 5.01. The number of anilines is 1. The van der Waals surface area contributed by atoms with E-state index >= 15 is 0 Å². The van der Waals surface area contributed by atoms with Gasteiger partial charge in [0.1, 0.15) is 11.9 Å². The second kappa shape index (κ2) is 13.4. The van der Waals surface area contributed by atoms with Gasteiger partial charge in [-0.1, -0.05) is 31.5 Å². The van der Waals surface area contributed by atoms with Crippen LogP contribution in [0.3, 0.4) is 0 Å². The molecule has 1 unspecified atom stereocenters. The summed E-state index contributed by atoms with van der Waals surface area (Å²) in [4.78, 5) is 29.1. The molecule has 1 aromatic carbocycles. The number of rotatable bonds is 9. The maximum Gasteiger partial charge on any atom is 0.416 e. The Bertz CT molecular complexity index is 1020. The number of ether oxygens (including phenoxy) is 1. The van der Waals surface area contributed by atoms with Gasteiger partial charge in [-0.2, -0.15) is 13.2 Å². The molecule has 12 heteroatoms. The van der Waals surface area contributed by atoms with Crippen LogP contribution in [0.1, 0.15) is 44.7 Å². The molecule has 9 nitrogen and oxygen atoms in total. The highest BCUT2D eigenvalue weighted by molar-refractivity contribution is 5.84. The number of aliphatic carboxylic acids is 1. The number of imidazole rings is 1. The number of nitrogens with one attached hydrogen (secondary N) is 1. The molecule has 3 rings (SSSR count). The van der Waals surface area contributed by atoms with Gasteiger partial charge in [-0.15, -0.1) is 0 Å². The number of aromatic nitrogens is 2. The first-order valence-corrected chi connectivity index (χ1v) is 12.1. The average Bonchev–Trinajstić information content (AvgIpc) is 3.26. The molecule has 37 heavy (non-hydrogen) atoms. The summed E-state index contributed by atoms with van der Waals surface area (Å²) in [6.45, 7) is 10.8. The van der Waals surface area contributed by atoms with Crippen LogP contribution in [0, 0.1) is 0 Å². The van der Waals surface area contributed by atoms with Gasteiger partial charge < -0.3 is 25.5 Å². The molecule has 1 aliphatic rings. The molecule has 1 atom stereocenters. The van der Waals surface area contributed by atoms with E-state index in [4.69, 9.17) is 15.6 Å². The summed E-state index contributed by atoms with van der Waals surface area (Å²) in [7, 11) is 0. The zero-order valence-electron chi connectivity index (χ0n) is 21.4. The number of nitrogens with two attached hydrogens (primary N) is 1. The Kier molecular flexibility index (Phi) is 10.9. The molecule has 4 N–H and O–H groups in total. The summed E-state index contributed by atoms with van der Waals surface area (Å²) in [5.74, 6) is -1.19. The fourth-order valence-electron chi connectivity index (χ4n) is 3.89. The Morgan fingerprint density at radius 1 is 1.24 bits per heavy atom. The molecular weight excluding hydrogens is 491 g/mol. The van der Waals surface area contributed by atoms with E-state index in [0.29, 0.717) is 12.2 Å². The molecule has 0 saturated carbocycles. The molecule has 1 saturated heterocycles. The number of alkyl halides is 3. The number of carboxylic acid groups (broad SMARTS) is 1. The number of carboxylic acids is 1. The maximum absolute atomic E-state index is 12.5. The summed E-state index contributed by atoms with van der Waals surface area (Å²) < 4.78 is 45.1. The van der Waals surface area contributed by atoms with E-state index in [1.54, 1.807) is 13.3 Å². The fourth-order valence-corrected chi connectivity index (χ4v) is 3.89. The first kappa shape index (κ1) is 30.1. The third kappa shape index (κ3) is 10.0. The van der Waals surface area contributed by atoms with Crippen molar-refractivity contribution in [2.24, 2.45) is 0 Å². The fraction of sp³-hybridized carbons (Fsp3) is 0.560. The van der Waals surface area contributed by atoms with Gasteiger partial charge in [0.2, 0.25) is 5.91 Å². The van der Waals surface area contributed by atoms with Crippen LogP contribution in [0.5, 0.6) is 0 Å². The van der Waals surface area contributed by atoms with Crippen LogP contribution in [0.2, 0.25) is 0 Å². The van der Waals surface area contributed by atoms with Gasteiger partial charge in [-0.3, -0.25) is 9.69 Å². The first-order valence-electron chi connectivity index (χ1n) is 12.1. The minimum Gasteiger partial charge on any atom is -0.480 e. The van der Waals surface area contributed by atoms with Crippen molar-refractivity contribution in [3.63, 3.8) is 0 Å². The number of nitrogen functional groups attached to an aromatic ring is 1. The average molecular weight is 528 g/mol. The molecule has 0 bridgehead atoms. The van der Waals surface area contributed by atoms with E-state index < -0.39 is 29.7 Å². The van der Waals surface area contributed by atoms with Crippen molar-refractivity contribution in [3.05, 3.63) is 47.9 Å². The highest BCUT2D eigenvalue weighted by Crippen LogP contribution is 2.29. The number of amides is 1. The minimum absolute atomic E-state index is 0.0158. The van der Waals surface area contributed by atoms with E-state index in [2.05, 4.69) is 33.6 Å². The molecule has 0 spiro atoms. The van der Waals surface area contributed by atoms with Crippen molar-refractivity contribution < 1.29 is 32.6 Å². The van der Waals surface area contributed by atoms with Crippen LogP contribution in [0.25, 0.3) is 0 Å². The Morgan fingerprint density at radius 3 is 2.46 bits per heavy atom. The lowest BCUT2D eigenvalue weighted by atomic mass is 10.0. The molecule has 2 heterocycles. The van der Waals surface area contributed by atoms with Gasteiger partial charge in [0, 0.05) is 25.8 Å². The standard InChI is InChI=1S/C14H16F3NO3.C11H20N4O/c1-2-4-11(13(20)21)18-12(19)8-9-5-3-6-10(7-9)14(15,16)17;1-11(2,15-7-10(12)13-9-15)8-14-3-5-16-6-4-14/h3,5-7,11H,2,4,8H2,1H3,(H,18,19)(H,20,21);7,9H,3-6,8,12H2,1-2H3. The van der Waals surface area contributed by atoms with Crippen LogP contribution in [-0.4, -0.2) is 70.3 Å². The quantitative estimate of drug-likeness (QED) is 0.458. The molecule has 206 valence electrons. The lowest BCUT2D eigenvalue weighted by molar-refractivity contribution is -0.141. The lowest BCUT2D eigenvalue weighted by Crippen LogP contribution is -2.45. The van der Waals surface area contributed by atoms with Gasteiger partial charge in [0.25, 0.3) is 0 Å². The predicted molar refractivity (Wildman–Crippen MR) is 133 cm³/mol. The number of halogens is 3. The van der Waals surface area contributed by atoms with Crippen molar-refractivity contribution in [3.8, 4) is 0 Å². The molecule has 0 radical (unpaired) electrons. The summed E-state index contributed by atoms with van der Waals surface area (Å²) in [5, 5.41) is 11.2. The van der Waals surface area contributed by atoms with Crippen LogP contribution in [0.4, 0.5) is 19.0 Å². The van der Waals surface area contributed by atoms with Crippen molar-refractivity contribution in [1.82, 2.24) is 19.8 Å². The normalized spacial score (nSPS) is 15.4. The Morgan fingerprint density at radius 2 is 1.92 bits per heavy atom. The predicted octanol–water partition coefficient (Wildman–Crippen LogP) is 3.15. The van der Waals surface area contributed by atoms with Gasteiger partial charge in [-0.05, 0) is 31.9 Å². The zero-order valence-corrected chi connectivity index (χ0v) is 21.4. The SMILES string of the molecule is CC(C)(CN1CCOCC1)n1cnc(N)c1.CCCC(NC(=O)Cc1cccc(C(F)(F)F)c1)C(=O)O. The molecule has 1 amide bonds. The molecule has 1 fully saturated rings. The van der Waals surface area contributed by atoms with Gasteiger partial charge >= 0.3 is 12.1 Å². The highest BCUT2D eigenvalue weighted by atomic mass is 19.4. The van der Waals surface area contributed by atoms with Crippen molar-refractivity contribution in [2.75, 3.05) is 38.6 Å². The zero-order chi connectivity index (χ0) is 27.6. The molecule has 1 aromatic heterocycles. The number of benzene rings is 1. The highest BCUT2D eigenvalue weighted by Gasteiger charge is 2.30. The van der Waals surface area contributed by atoms with E-state index in [9.17, 15) is 22.8 Å². The number of hydrogen-bond donors (Lipinski definition) is 3. The summed E-state index contributed by atoms with van der Waals surface area (Å²) in [6, 6.07) is 3.39. The second-order valence-electron chi connectivity index (χ2n) is 9.53. The van der Waals surface area contributed by atoms with Crippen molar-refractivity contribution in [1.29, 1.82) is 0 Å². The van der Waals surface area contributed by atoms with Crippen LogP contribution < -0.4 is 11.1 Å². The Hall–Kier alpha value is -3.12. The van der Waals surface area contributed by atoms with Gasteiger partial charge in [0.15, 0.2) is 0 Å². The number of nitrogens with zero attached hydrogens (tertiary/aromatic N) is 3. The van der Waals surface area contributed by atoms with Gasteiger partial charge in [-0.25, -0.2) is 9.78 Å². The number of carbonyl (C=O) groups excluding carboxylic acids is 1. The number of hydrogen-bond acceptors (Lipinski definition) is 6. The van der Waals surface area contributed by atoms with Crippen LogP contribution in [-0.2, 0) is 32.5 Å². The third-order valence-electron chi connectivity index (χ3n) is 5.85. The van der Waals surface area contributed by atoms with Crippen LogP contribution in [0.15, 0.2) is 36.8 Å². The van der Waals surface area contributed by atoms with E-state index in [1.165, 1.54) is 12.1 Å². The lowest BCUT2D eigenvalue weighted by Gasteiger charge is -2.35. The largest absolute Gasteiger partial charge is 0.480 e. The number of morpholine rings is 1. The van der Waals surface area contributed by atoms with E-state index in [-0.39, 0.29) is 23.9 Å². The van der Waals surface area contributed by atoms with Crippen molar-refractivity contribution >= 4 is 17.7 Å². The van der Waals surface area contributed by atoms with Crippen molar-refractivity contribution in [2.45, 2.75) is 57.8 Å². The first-order chi connectivity index (χ1) is 17.3. The van der Waals surface area contributed by atoms with E-state index in [1.807, 2.05) is 6.20 Å². The van der Waals surface area contributed by atoms with Gasteiger partial charge in [0.05, 0.1) is 37.1 Å². The maximum atomic E-state index is 12.5. The van der Waals surface area contributed by atoms with E-state index in [0.717, 1.165) is 45.0 Å². The molecule has 2 aromatic rings. The Balaban J connectivity index is 0.000000269. The minimum atomic E-state index is -4.47.